The van der Waals surface area contributed by atoms with Crippen LogP contribution in [0.3, 0.4) is 0 Å². The van der Waals surface area contributed by atoms with Crippen molar-refractivity contribution in [3.63, 3.8) is 0 Å². The molecule has 1 aliphatic rings. The van der Waals surface area contributed by atoms with Gasteiger partial charge in [0, 0.05) is 0 Å². The van der Waals surface area contributed by atoms with E-state index >= 15 is 0 Å². The zero-order valence-corrected chi connectivity index (χ0v) is 7.11. The highest BCUT2D eigenvalue weighted by molar-refractivity contribution is 5.22. The number of hydrogen-bond donors (Lipinski definition) is 1. The lowest BCUT2D eigenvalue weighted by molar-refractivity contribution is 0.325. The van der Waals surface area contributed by atoms with Crippen molar-refractivity contribution in [2.45, 2.75) is 33.1 Å². The summed E-state index contributed by atoms with van der Waals surface area (Å²) in [6.45, 7) is 2.24. The molecule has 62 valence electrons. The van der Waals surface area contributed by atoms with Crippen LogP contribution < -0.4 is 0 Å². The summed E-state index contributed by atoms with van der Waals surface area (Å²) in [5.74, 6) is 0. The van der Waals surface area contributed by atoms with Crippen molar-refractivity contribution in [3.05, 3.63) is 22.8 Å². The molecule has 0 aromatic carbocycles. The van der Waals surface area contributed by atoms with Crippen LogP contribution in [0.15, 0.2) is 22.8 Å². The number of hydrogen-bond acceptors (Lipinski definition) is 1. The molecule has 1 heteroatoms. The van der Waals surface area contributed by atoms with Gasteiger partial charge in [-0.2, -0.15) is 0 Å². The molecule has 0 bridgehead atoms. The monoisotopic (exact) mass is 155 g/mol. The predicted molar refractivity (Wildman–Crippen MR) is 47.4 cm³/mol. The van der Waals surface area contributed by atoms with Crippen LogP contribution in [0.4, 0.5) is 0 Å². The summed E-state index contributed by atoms with van der Waals surface area (Å²) in [5, 5.41) is 4.07. The summed E-state index contributed by atoms with van der Waals surface area (Å²) in [7, 11) is 0. The molecular weight excluding hydrogens is 136 g/mol. The molecule has 0 atom stereocenters. The largest absolute Gasteiger partial charge is 0.392 e. The van der Waals surface area contributed by atoms with Gasteiger partial charge in [0.15, 0.2) is 0 Å². The summed E-state index contributed by atoms with van der Waals surface area (Å²) in [4.78, 5) is 0. The average Bonchev–Trinajstić information content (AvgIpc) is 2.18. The van der Waals surface area contributed by atoms with Gasteiger partial charge in [-0.25, -0.2) is 0 Å². The summed E-state index contributed by atoms with van der Waals surface area (Å²) in [5.41, 5.74) is 3.28. The van der Waals surface area contributed by atoms with Gasteiger partial charge in [0.1, 0.15) is 0 Å². The first-order valence-corrected chi connectivity index (χ1v) is 3.96. The maximum atomic E-state index is 7.42. The number of aliphatic hydroxyl groups is 1. The van der Waals surface area contributed by atoms with Crippen LogP contribution in [-0.4, -0.2) is 13.1 Å². The first kappa shape index (κ1) is 5.15. The molecule has 0 unspecified atom stereocenters. The van der Waals surface area contributed by atoms with E-state index in [0.717, 1.165) is 12.8 Å². The summed E-state index contributed by atoms with van der Waals surface area (Å²) in [6.07, 6.45) is 4.18. The van der Waals surface area contributed by atoms with Gasteiger partial charge in [-0.15, -0.1) is 0 Å². The van der Waals surface area contributed by atoms with E-state index in [1.165, 1.54) is 11.1 Å². The van der Waals surface area contributed by atoms with E-state index in [1.807, 2.05) is 6.08 Å². The molecule has 0 fully saturated rings. The Balaban J connectivity index is 2.76. The van der Waals surface area contributed by atoms with E-state index < -0.39 is 6.56 Å². The summed E-state index contributed by atoms with van der Waals surface area (Å²) in [6, 6.07) is 0. The Morgan fingerprint density at radius 2 is 2.55 bits per heavy atom. The van der Waals surface area contributed by atoms with Crippen LogP contribution in [-0.2, 0) is 0 Å². The Bertz CT molecular complexity index is 275. The lowest BCUT2D eigenvalue weighted by Crippen LogP contribution is -1.99. The normalized spacial score (nSPS) is 23.3. The molecule has 0 aliphatic heterocycles. The third kappa shape index (κ3) is 2.19. The molecule has 1 N–H and O–H groups in total. The minimum atomic E-state index is -1.91. The molecule has 0 heterocycles. The molecule has 0 spiro atoms. The van der Waals surface area contributed by atoms with Crippen LogP contribution in [0, 0.1) is 0 Å². The molecule has 11 heavy (non-hydrogen) atoms. The van der Waals surface area contributed by atoms with Crippen LogP contribution in [0.1, 0.15) is 35.9 Å². The topological polar surface area (TPSA) is 20.2 Å². The van der Waals surface area contributed by atoms with Crippen LogP contribution in [0.5, 0.6) is 0 Å². The van der Waals surface area contributed by atoms with Crippen LogP contribution >= 0.6 is 0 Å². The van der Waals surface area contributed by atoms with Crippen molar-refractivity contribution in [2.75, 3.05) is 6.56 Å². The van der Waals surface area contributed by atoms with Crippen molar-refractivity contribution in [1.29, 1.82) is 1.43 Å². The SMILES string of the molecule is [2H]OC([2H])([2H])C1=CCC(=C(C)C)CC1. The van der Waals surface area contributed by atoms with E-state index in [9.17, 15) is 0 Å². The second kappa shape index (κ2) is 3.72. The van der Waals surface area contributed by atoms with Gasteiger partial charge >= 0.3 is 0 Å². The fourth-order valence-corrected chi connectivity index (χ4v) is 1.28. The van der Waals surface area contributed by atoms with Crippen LogP contribution in [0.25, 0.3) is 0 Å². The van der Waals surface area contributed by atoms with Gasteiger partial charge in [-0.05, 0) is 38.7 Å². The van der Waals surface area contributed by atoms with E-state index in [0.29, 0.717) is 12.0 Å². The fourth-order valence-electron chi connectivity index (χ4n) is 1.28. The predicted octanol–water partition coefficient (Wildman–Crippen LogP) is 2.43. The Morgan fingerprint density at radius 1 is 1.73 bits per heavy atom. The van der Waals surface area contributed by atoms with Crippen molar-refractivity contribution in [3.8, 4) is 0 Å². The smallest absolute Gasteiger partial charge is 0.211 e. The zero-order valence-electron chi connectivity index (χ0n) is 10.1. The van der Waals surface area contributed by atoms with E-state index in [2.05, 4.69) is 19.0 Å². The maximum Gasteiger partial charge on any atom is 0.211 e. The molecule has 0 saturated heterocycles. The lowest BCUT2D eigenvalue weighted by atomic mass is 9.92. The third-order valence-electron chi connectivity index (χ3n) is 2.13. The standard InChI is InChI=1S/C10H16O/c1-8(2)10-5-3-9(7-11)4-6-10/h3,11H,4-7H2,1-2H3/i7D2,11D. The van der Waals surface area contributed by atoms with E-state index in [-0.39, 0.29) is 0 Å². The van der Waals surface area contributed by atoms with Crippen LogP contribution in [0.2, 0.25) is 0 Å². The average molecular weight is 155 g/mol. The maximum absolute atomic E-state index is 7.42. The Kier molecular flexibility index (Phi) is 1.74. The molecule has 0 aromatic heterocycles. The van der Waals surface area contributed by atoms with E-state index in [4.69, 9.17) is 4.17 Å². The first-order chi connectivity index (χ1) is 6.47. The Hall–Kier alpha value is -0.560. The molecule has 0 aromatic rings. The van der Waals surface area contributed by atoms with Gasteiger partial charge in [0.05, 0.1) is 9.30 Å². The quantitative estimate of drug-likeness (QED) is 0.607. The van der Waals surface area contributed by atoms with Gasteiger partial charge in [0.2, 0.25) is 1.43 Å². The lowest BCUT2D eigenvalue weighted by Gasteiger charge is -2.15. The molecule has 0 amide bonds. The number of allylic oxidation sites excluding steroid dienone is 3. The van der Waals surface area contributed by atoms with Crippen molar-refractivity contribution in [1.82, 2.24) is 0 Å². The third-order valence-corrected chi connectivity index (χ3v) is 2.13. The zero-order chi connectivity index (χ0) is 10.8. The Morgan fingerprint density at radius 3 is 3.00 bits per heavy atom. The van der Waals surface area contributed by atoms with E-state index in [1.54, 1.807) is 0 Å². The van der Waals surface area contributed by atoms with Crippen molar-refractivity contribution < 1.29 is 7.85 Å². The molecule has 0 saturated carbocycles. The van der Waals surface area contributed by atoms with Crippen molar-refractivity contribution >= 4 is 0 Å². The molecule has 0 radical (unpaired) electrons. The molecule has 1 rings (SSSR count). The second-order valence-electron chi connectivity index (χ2n) is 3.14. The summed E-state index contributed by atoms with van der Waals surface area (Å²) < 4.78 is 21.5. The highest BCUT2D eigenvalue weighted by Gasteiger charge is 2.07. The van der Waals surface area contributed by atoms with Crippen molar-refractivity contribution in [2.24, 2.45) is 0 Å². The highest BCUT2D eigenvalue weighted by Crippen LogP contribution is 2.24. The summed E-state index contributed by atoms with van der Waals surface area (Å²) >= 11 is 0. The first-order valence-electron chi connectivity index (χ1n) is 5.37. The minimum Gasteiger partial charge on any atom is -0.392 e. The second-order valence-corrected chi connectivity index (χ2v) is 3.14. The van der Waals surface area contributed by atoms with Gasteiger partial charge in [0.25, 0.3) is 0 Å². The Labute approximate surface area is 72.7 Å². The highest BCUT2D eigenvalue weighted by atomic mass is 16.3. The van der Waals surface area contributed by atoms with Gasteiger partial charge in [-0.3, -0.25) is 0 Å². The molecule has 1 aliphatic carbocycles. The number of rotatable bonds is 2. The van der Waals surface area contributed by atoms with Gasteiger partial charge < -0.3 is 5.11 Å². The van der Waals surface area contributed by atoms with Gasteiger partial charge in [-0.1, -0.05) is 17.2 Å². The minimum absolute atomic E-state index is 0.595. The molecular formula is C10H16O. The molecule has 1 nitrogen and oxygen atoms in total. The fraction of sp³-hybridized carbons (Fsp3) is 0.600.